The van der Waals surface area contributed by atoms with Gasteiger partial charge >= 0.3 is 5.63 Å². The first-order valence-electron chi connectivity index (χ1n) is 14.4. The van der Waals surface area contributed by atoms with Crippen LogP contribution in [0.1, 0.15) is 11.1 Å². The van der Waals surface area contributed by atoms with Gasteiger partial charge in [0.2, 0.25) is 0 Å². The summed E-state index contributed by atoms with van der Waals surface area (Å²) in [7, 11) is 0. The number of benzene rings is 6. The van der Waals surface area contributed by atoms with Crippen LogP contribution in [0.2, 0.25) is 0 Å². The molecule has 208 valence electrons. The molecule has 1 heterocycles. The van der Waals surface area contributed by atoms with Crippen LogP contribution in [0, 0.1) is 13.8 Å². The van der Waals surface area contributed by atoms with E-state index in [0.717, 1.165) is 44.9 Å². The lowest BCUT2D eigenvalue weighted by Crippen LogP contribution is -2.11. The highest BCUT2D eigenvalue weighted by Gasteiger charge is 2.17. The molecule has 43 heavy (non-hydrogen) atoms. The molecule has 6 aromatic carbocycles. The van der Waals surface area contributed by atoms with Crippen LogP contribution in [0.3, 0.4) is 0 Å². The van der Waals surface area contributed by atoms with Crippen molar-refractivity contribution in [2.24, 2.45) is 0 Å². The molecule has 0 aliphatic heterocycles. The number of nitrogens with zero attached hydrogens (tertiary/aromatic N) is 2. The lowest BCUT2D eigenvalue weighted by Gasteiger charge is -2.26. The SMILES string of the molecule is Cc1ccc(N(c2ccccc2)c2ccc3c(c2)oc(=O)c2cc(N(c4ccccc4)c4ccc(C)cc4)ccc23)cc1. The molecule has 7 rings (SSSR count). The number of hydrogen-bond donors (Lipinski definition) is 0. The minimum atomic E-state index is -0.361. The maximum absolute atomic E-state index is 13.5. The maximum atomic E-state index is 13.5. The van der Waals surface area contributed by atoms with Crippen LogP contribution in [0.5, 0.6) is 0 Å². The second-order valence-electron chi connectivity index (χ2n) is 10.8. The molecule has 0 radical (unpaired) electrons. The van der Waals surface area contributed by atoms with Gasteiger partial charge in [0.15, 0.2) is 0 Å². The second-order valence-corrected chi connectivity index (χ2v) is 10.8. The average molecular weight is 559 g/mol. The van der Waals surface area contributed by atoms with E-state index in [2.05, 4.69) is 115 Å². The van der Waals surface area contributed by atoms with E-state index >= 15 is 0 Å². The Kier molecular flexibility index (Phi) is 6.72. The highest BCUT2D eigenvalue weighted by atomic mass is 16.4. The molecule has 0 saturated carbocycles. The normalized spacial score (nSPS) is 11.1. The minimum Gasteiger partial charge on any atom is -0.422 e. The number of aryl methyl sites for hydroxylation is 2. The average Bonchev–Trinajstić information content (AvgIpc) is 3.04. The van der Waals surface area contributed by atoms with Crippen LogP contribution in [0.4, 0.5) is 34.1 Å². The Morgan fingerprint density at radius 2 is 0.837 bits per heavy atom. The largest absolute Gasteiger partial charge is 0.422 e. The van der Waals surface area contributed by atoms with Gasteiger partial charge in [-0.3, -0.25) is 0 Å². The van der Waals surface area contributed by atoms with E-state index < -0.39 is 0 Å². The third-order valence-electron chi connectivity index (χ3n) is 7.81. The van der Waals surface area contributed by atoms with E-state index in [0.29, 0.717) is 11.0 Å². The highest BCUT2D eigenvalue weighted by Crippen LogP contribution is 2.39. The smallest absolute Gasteiger partial charge is 0.344 e. The van der Waals surface area contributed by atoms with E-state index in [9.17, 15) is 4.79 Å². The third kappa shape index (κ3) is 5.04. The van der Waals surface area contributed by atoms with Crippen molar-refractivity contribution in [3.05, 3.63) is 167 Å². The number of fused-ring (bicyclic) bond motifs is 3. The van der Waals surface area contributed by atoms with Crippen molar-refractivity contribution in [3.63, 3.8) is 0 Å². The van der Waals surface area contributed by atoms with Gasteiger partial charge in [0.1, 0.15) is 5.58 Å². The molecule has 4 heteroatoms. The summed E-state index contributed by atoms with van der Waals surface area (Å²) >= 11 is 0. The molecule has 0 fully saturated rings. The van der Waals surface area contributed by atoms with Gasteiger partial charge in [-0.2, -0.15) is 0 Å². The molecule has 0 saturated heterocycles. The second kappa shape index (κ2) is 11.0. The number of hydrogen-bond acceptors (Lipinski definition) is 4. The van der Waals surface area contributed by atoms with Crippen molar-refractivity contribution in [3.8, 4) is 0 Å². The van der Waals surface area contributed by atoms with E-state index in [1.165, 1.54) is 11.1 Å². The van der Waals surface area contributed by atoms with E-state index in [-0.39, 0.29) is 5.63 Å². The third-order valence-corrected chi connectivity index (χ3v) is 7.81. The zero-order chi connectivity index (χ0) is 29.3. The summed E-state index contributed by atoms with van der Waals surface area (Å²) in [5.41, 5.74) is 8.46. The van der Waals surface area contributed by atoms with Crippen LogP contribution in [-0.2, 0) is 0 Å². The zero-order valence-corrected chi connectivity index (χ0v) is 24.1. The van der Waals surface area contributed by atoms with Crippen molar-refractivity contribution >= 4 is 55.9 Å². The van der Waals surface area contributed by atoms with Crippen molar-refractivity contribution in [2.45, 2.75) is 13.8 Å². The maximum Gasteiger partial charge on any atom is 0.344 e. The molecule has 0 unspecified atom stereocenters. The minimum absolute atomic E-state index is 0.361. The van der Waals surface area contributed by atoms with E-state index in [1.807, 2.05) is 54.6 Å². The van der Waals surface area contributed by atoms with E-state index in [4.69, 9.17) is 4.42 Å². The summed E-state index contributed by atoms with van der Waals surface area (Å²) in [5, 5.41) is 2.30. The molecule has 0 aliphatic carbocycles. The number of para-hydroxylation sites is 2. The summed E-state index contributed by atoms with van der Waals surface area (Å²) in [6.45, 7) is 4.16. The molecule has 7 aromatic rings. The first kappa shape index (κ1) is 26.3. The Balaban J connectivity index is 1.36. The summed E-state index contributed by atoms with van der Waals surface area (Å²) in [4.78, 5) is 17.9. The van der Waals surface area contributed by atoms with Gasteiger partial charge in [0.05, 0.1) is 5.39 Å². The molecule has 0 bridgehead atoms. The molecule has 0 N–H and O–H groups in total. The van der Waals surface area contributed by atoms with Gasteiger partial charge in [-0.25, -0.2) is 4.79 Å². The quantitative estimate of drug-likeness (QED) is 0.150. The summed E-state index contributed by atoms with van der Waals surface area (Å²) in [6, 6.07) is 49.4. The Bertz CT molecular complexity index is 2100. The van der Waals surface area contributed by atoms with Gasteiger partial charge in [0, 0.05) is 51.0 Å². The Morgan fingerprint density at radius 1 is 0.419 bits per heavy atom. The summed E-state index contributed by atoms with van der Waals surface area (Å²) in [5.74, 6) is 0. The molecular weight excluding hydrogens is 528 g/mol. The van der Waals surface area contributed by atoms with Crippen LogP contribution in [0.25, 0.3) is 21.7 Å². The van der Waals surface area contributed by atoms with Gasteiger partial charge in [-0.15, -0.1) is 0 Å². The van der Waals surface area contributed by atoms with Crippen molar-refractivity contribution in [2.75, 3.05) is 9.80 Å². The first-order valence-corrected chi connectivity index (χ1v) is 14.4. The summed E-state index contributed by atoms with van der Waals surface area (Å²) in [6.07, 6.45) is 0. The fourth-order valence-corrected chi connectivity index (χ4v) is 5.62. The van der Waals surface area contributed by atoms with Gasteiger partial charge in [0.25, 0.3) is 0 Å². The van der Waals surface area contributed by atoms with E-state index in [1.54, 1.807) is 0 Å². The standard InChI is InChI=1S/C39H30N2O2/c1-27-13-17-31(18-14-27)40(29-9-5-3-6-10-29)33-21-23-35-36-24-22-34(26-38(36)43-39(42)37(35)25-33)41(30-11-7-4-8-12-30)32-19-15-28(2)16-20-32/h3-26H,1-2H3. The first-order chi connectivity index (χ1) is 21.0. The van der Waals surface area contributed by atoms with Crippen LogP contribution >= 0.6 is 0 Å². The number of anilines is 6. The molecular formula is C39H30N2O2. The monoisotopic (exact) mass is 558 g/mol. The molecule has 0 atom stereocenters. The number of rotatable bonds is 6. The molecule has 0 aliphatic rings. The predicted molar refractivity (Wildman–Crippen MR) is 179 cm³/mol. The van der Waals surface area contributed by atoms with Gasteiger partial charge < -0.3 is 14.2 Å². The topological polar surface area (TPSA) is 36.7 Å². The fourth-order valence-electron chi connectivity index (χ4n) is 5.62. The molecule has 4 nitrogen and oxygen atoms in total. The fraction of sp³-hybridized carbons (Fsp3) is 0.0513. The molecule has 0 amide bonds. The Labute approximate surface area is 250 Å². The van der Waals surface area contributed by atoms with Crippen molar-refractivity contribution < 1.29 is 4.42 Å². The van der Waals surface area contributed by atoms with Gasteiger partial charge in [-0.05, 0) is 86.6 Å². The Hall–Kier alpha value is -5.61. The van der Waals surface area contributed by atoms with Gasteiger partial charge in [-0.1, -0.05) is 77.9 Å². The lowest BCUT2D eigenvalue weighted by atomic mass is 10.0. The lowest BCUT2D eigenvalue weighted by molar-refractivity contribution is 0.570. The predicted octanol–water partition coefficient (Wildman–Crippen LogP) is 10.5. The van der Waals surface area contributed by atoms with Crippen molar-refractivity contribution in [1.82, 2.24) is 0 Å². The van der Waals surface area contributed by atoms with Crippen LogP contribution in [0.15, 0.2) is 155 Å². The molecule has 0 spiro atoms. The van der Waals surface area contributed by atoms with Crippen molar-refractivity contribution in [1.29, 1.82) is 0 Å². The zero-order valence-electron chi connectivity index (χ0n) is 24.1. The van der Waals surface area contributed by atoms with Crippen LogP contribution in [-0.4, -0.2) is 0 Å². The highest BCUT2D eigenvalue weighted by molar-refractivity contribution is 6.06. The molecule has 1 aromatic heterocycles. The Morgan fingerprint density at radius 3 is 1.35 bits per heavy atom. The van der Waals surface area contributed by atoms with Crippen LogP contribution < -0.4 is 15.4 Å². The summed E-state index contributed by atoms with van der Waals surface area (Å²) < 4.78 is 6.02.